The first-order chi connectivity index (χ1) is 19.2. The Hall–Kier alpha value is -4.40. The number of fused-ring (bicyclic) bond motifs is 3. The van der Waals surface area contributed by atoms with Gasteiger partial charge in [0.15, 0.2) is 35.1 Å². The van der Waals surface area contributed by atoms with Crippen LogP contribution < -0.4 is 18.3 Å². The van der Waals surface area contributed by atoms with Crippen molar-refractivity contribution in [1.29, 1.82) is 0 Å². The number of aliphatic hydroxyl groups is 1. The first kappa shape index (κ1) is 27.2. The van der Waals surface area contributed by atoms with Crippen LogP contribution in [-0.2, 0) is 16.6 Å². The zero-order chi connectivity index (χ0) is 28.8. The molecule has 1 unspecified atom stereocenters. The average Bonchev–Trinajstić information content (AvgIpc) is 3.39. The topological polar surface area (TPSA) is 139 Å². The second kappa shape index (κ2) is 9.97. The van der Waals surface area contributed by atoms with Crippen molar-refractivity contribution in [2.24, 2.45) is 0 Å². The van der Waals surface area contributed by atoms with Crippen LogP contribution in [0.5, 0.6) is 11.5 Å². The second-order valence-corrected chi connectivity index (χ2v) is 10.9. The summed E-state index contributed by atoms with van der Waals surface area (Å²) in [5.74, 6) is -3.44. The predicted molar refractivity (Wildman–Crippen MR) is 140 cm³/mol. The number of methoxy groups -OCH3 is 2. The lowest BCUT2D eigenvalue weighted by molar-refractivity contribution is 0.111. The van der Waals surface area contributed by atoms with Gasteiger partial charge in [-0.1, -0.05) is 22.1 Å². The highest BCUT2D eigenvalue weighted by Crippen LogP contribution is 2.48. The maximum atomic E-state index is 15.7. The van der Waals surface area contributed by atoms with Crippen molar-refractivity contribution >= 4 is 44.7 Å². The molecule has 2 aromatic heterocycles. The molecule has 0 bridgehead atoms. The maximum absolute atomic E-state index is 15.7. The molecule has 0 saturated heterocycles. The summed E-state index contributed by atoms with van der Waals surface area (Å²) >= 11 is 0. The molecule has 0 saturated carbocycles. The van der Waals surface area contributed by atoms with Gasteiger partial charge < -0.3 is 19.6 Å². The summed E-state index contributed by atoms with van der Waals surface area (Å²) in [7, 11) is -2.52. The number of urea groups is 1. The van der Waals surface area contributed by atoms with Crippen LogP contribution in [0.25, 0.3) is 11.0 Å². The van der Waals surface area contributed by atoms with Gasteiger partial charge in [-0.05, 0) is 18.2 Å². The molecule has 208 valence electrons. The van der Waals surface area contributed by atoms with E-state index in [9.17, 15) is 23.1 Å². The van der Waals surface area contributed by atoms with Crippen LogP contribution >= 0.6 is 0 Å². The summed E-state index contributed by atoms with van der Waals surface area (Å²) in [6.45, 7) is -2.05. The van der Waals surface area contributed by atoms with Crippen molar-refractivity contribution in [3.05, 3.63) is 71.6 Å². The van der Waals surface area contributed by atoms with Gasteiger partial charge in [-0.25, -0.2) is 23.5 Å². The Labute approximate surface area is 226 Å². The number of quaternary nitrogens is 1. The van der Waals surface area contributed by atoms with E-state index in [0.717, 1.165) is 20.3 Å². The quantitative estimate of drug-likeness (QED) is 0.241. The molecular formula is C26H23F2N4O7S+. The minimum Gasteiger partial charge on any atom is -0.493 e. The fourth-order valence-electron chi connectivity index (χ4n) is 5.01. The lowest BCUT2D eigenvalue weighted by Crippen LogP contribution is -2.66. The van der Waals surface area contributed by atoms with Gasteiger partial charge in [-0.15, -0.1) is 0 Å². The Balaban J connectivity index is 1.92. The number of aliphatic hydroxyl groups excluding tert-OH is 1. The number of nitrogens with zero attached hydrogens (tertiary/aromatic N) is 3. The van der Waals surface area contributed by atoms with E-state index in [1.54, 1.807) is 6.07 Å². The molecule has 0 fully saturated rings. The van der Waals surface area contributed by atoms with Gasteiger partial charge >= 0.3 is 16.1 Å². The number of aromatic nitrogens is 2. The lowest BCUT2D eigenvalue weighted by atomic mass is 10.1. The molecule has 0 aliphatic carbocycles. The molecule has 1 aliphatic heterocycles. The van der Waals surface area contributed by atoms with Gasteiger partial charge in [0.25, 0.3) is 0 Å². The summed E-state index contributed by atoms with van der Waals surface area (Å²) < 4.78 is 68.7. The standard InChI is InChI=1S/C26H22F2N4O7S/c1-38-19-11-20(39-2)22(28)23(21(19)27)31-13-15-12-29-25-18(10-16(14-34)30-25)24(15)32(8-9-33,26(31)35)40(36,37)17-6-4-3-5-7-17/h3-7,10-12,14,33H,8-9,13H2,1-2H3/p+1. The number of H-pyrrole nitrogens is 1. The molecule has 40 heavy (non-hydrogen) atoms. The number of aldehydes is 1. The minimum absolute atomic E-state index is 0.0552. The predicted octanol–water partition coefficient (Wildman–Crippen LogP) is 3.50. The smallest absolute Gasteiger partial charge is 0.445 e. The van der Waals surface area contributed by atoms with Crippen LogP contribution in [0.4, 0.5) is 25.0 Å². The van der Waals surface area contributed by atoms with Crippen LogP contribution in [0, 0.1) is 11.6 Å². The highest BCUT2D eigenvalue weighted by molar-refractivity contribution is 7.91. The van der Waals surface area contributed by atoms with Crippen LogP contribution in [0.1, 0.15) is 16.1 Å². The zero-order valence-corrected chi connectivity index (χ0v) is 22.0. The van der Waals surface area contributed by atoms with Gasteiger partial charge in [-0.2, -0.15) is 8.42 Å². The molecule has 1 atom stereocenters. The summed E-state index contributed by atoms with van der Waals surface area (Å²) in [4.78, 5) is 33.4. The van der Waals surface area contributed by atoms with Gasteiger partial charge in [0.05, 0.1) is 44.0 Å². The Morgan fingerprint density at radius 2 is 1.77 bits per heavy atom. The average molecular weight is 574 g/mol. The van der Waals surface area contributed by atoms with E-state index in [2.05, 4.69) is 9.97 Å². The Morgan fingerprint density at radius 1 is 1.12 bits per heavy atom. The SMILES string of the molecule is COc1cc(OC)c(F)c(N2Cc3cnc4[nH]c(C=O)cc4c3[N+](CCO)(S(=O)(=O)c3ccccc3)C2=O)c1F. The third-order valence-electron chi connectivity index (χ3n) is 6.77. The van der Waals surface area contributed by atoms with Crippen molar-refractivity contribution in [1.82, 2.24) is 13.9 Å². The van der Waals surface area contributed by atoms with Crippen molar-refractivity contribution in [2.75, 3.05) is 32.3 Å². The molecule has 2 N–H and O–H groups in total. The van der Waals surface area contributed by atoms with E-state index >= 15 is 8.78 Å². The van der Waals surface area contributed by atoms with E-state index < -0.39 is 68.5 Å². The maximum Gasteiger partial charge on any atom is 0.445 e. The highest BCUT2D eigenvalue weighted by atomic mass is 32.2. The number of pyridine rings is 1. The van der Waals surface area contributed by atoms with Crippen molar-refractivity contribution in [2.45, 2.75) is 11.4 Å². The summed E-state index contributed by atoms with van der Waals surface area (Å²) in [5.41, 5.74) is -0.745. The third kappa shape index (κ3) is 3.75. The zero-order valence-electron chi connectivity index (χ0n) is 21.2. The number of nitrogens with one attached hydrogen (secondary N) is 1. The number of hydrogen-bond acceptors (Lipinski definition) is 8. The fraction of sp³-hybridized carbons (Fsp3) is 0.192. The largest absolute Gasteiger partial charge is 0.493 e. The Kier molecular flexibility index (Phi) is 6.77. The molecule has 0 spiro atoms. The number of amides is 2. The number of anilines is 1. The normalized spacial score (nSPS) is 17.1. The first-order valence-corrected chi connectivity index (χ1v) is 13.3. The number of ether oxygens (including phenoxy) is 2. The fourth-order valence-corrected chi connectivity index (χ4v) is 6.95. The van der Waals surface area contributed by atoms with Gasteiger partial charge in [-0.3, -0.25) is 4.79 Å². The number of aromatic amines is 1. The number of carbonyl (C=O) groups excluding carboxylic acids is 2. The van der Waals surface area contributed by atoms with Crippen LogP contribution in [0.3, 0.4) is 0 Å². The molecule has 11 nitrogen and oxygen atoms in total. The number of halogens is 2. The van der Waals surface area contributed by atoms with Gasteiger partial charge in [0, 0.05) is 12.3 Å². The van der Waals surface area contributed by atoms with E-state index in [0.29, 0.717) is 11.2 Å². The Morgan fingerprint density at radius 3 is 2.35 bits per heavy atom. The molecule has 5 rings (SSSR count). The van der Waals surface area contributed by atoms with E-state index in [-0.39, 0.29) is 32.9 Å². The number of benzene rings is 2. The minimum atomic E-state index is -4.79. The second-order valence-electron chi connectivity index (χ2n) is 8.84. The molecule has 4 aromatic rings. The molecule has 2 amide bonds. The van der Waals surface area contributed by atoms with Crippen molar-refractivity contribution in [3.8, 4) is 11.5 Å². The van der Waals surface area contributed by atoms with Gasteiger partial charge in [0.2, 0.25) is 0 Å². The van der Waals surface area contributed by atoms with Crippen molar-refractivity contribution in [3.63, 3.8) is 0 Å². The summed E-state index contributed by atoms with van der Waals surface area (Å²) in [6.07, 6.45) is 1.74. The highest BCUT2D eigenvalue weighted by Gasteiger charge is 2.60. The molecular weight excluding hydrogens is 550 g/mol. The van der Waals surface area contributed by atoms with E-state index in [1.165, 1.54) is 36.5 Å². The van der Waals surface area contributed by atoms with Gasteiger partial charge in [0.1, 0.15) is 22.8 Å². The van der Waals surface area contributed by atoms with Crippen molar-refractivity contribution < 1.29 is 41.4 Å². The third-order valence-corrected chi connectivity index (χ3v) is 8.98. The lowest BCUT2D eigenvalue weighted by Gasteiger charge is -2.41. The summed E-state index contributed by atoms with van der Waals surface area (Å²) in [6, 6.07) is 8.01. The van der Waals surface area contributed by atoms with E-state index in [1.807, 2.05) is 0 Å². The Bertz CT molecular complexity index is 1730. The van der Waals surface area contributed by atoms with E-state index in [4.69, 9.17) is 9.47 Å². The van der Waals surface area contributed by atoms with Crippen LogP contribution in [0.15, 0.2) is 53.6 Å². The number of carbonyl (C=O) groups is 2. The first-order valence-electron chi connectivity index (χ1n) is 11.8. The number of hydrogen-bond donors (Lipinski definition) is 2. The molecule has 2 aromatic carbocycles. The molecule has 1 aliphatic rings. The number of sulfonamides is 1. The number of rotatable bonds is 8. The van der Waals surface area contributed by atoms with Crippen LogP contribution in [0.2, 0.25) is 0 Å². The van der Waals surface area contributed by atoms with Crippen LogP contribution in [-0.4, -0.2) is 63.2 Å². The molecule has 3 heterocycles. The summed E-state index contributed by atoms with van der Waals surface area (Å²) in [5, 5.41) is 10.3. The monoisotopic (exact) mass is 573 g/mol. The molecule has 14 heteroatoms. The molecule has 0 radical (unpaired) electrons.